The Morgan fingerprint density at radius 1 is 1.71 bits per heavy atom. The number of furan rings is 1. The van der Waals surface area contributed by atoms with Crippen molar-refractivity contribution >= 4 is 5.97 Å². The summed E-state index contributed by atoms with van der Waals surface area (Å²) >= 11 is 0. The Kier molecular flexibility index (Phi) is 1.89. The van der Waals surface area contributed by atoms with Gasteiger partial charge in [0.1, 0.15) is 5.60 Å². The summed E-state index contributed by atoms with van der Waals surface area (Å²) in [5, 5.41) is 19.0. The third-order valence-electron chi connectivity index (χ3n) is 2.97. The molecule has 0 fully saturated rings. The predicted octanol–water partition coefficient (Wildman–Crippen LogP) is 1.13. The highest BCUT2D eigenvalue weighted by molar-refractivity contribution is 5.69. The molecule has 0 bridgehead atoms. The van der Waals surface area contributed by atoms with E-state index >= 15 is 0 Å². The lowest BCUT2D eigenvalue weighted by atomic mass is 9.86. The first-order chi connectivity index (χ1) is 6.54. The molecule has 0 saturated heterocycles. The molecule has 4 nitrogen and oxygen atoms in total. The maximum atomic E-state index is 10.6. The minimum atomic E-state index is -1.26. The van der Waals surface area contributed by atoms with Gasteiger partial charge in [0.25, 0.3) is 0 Å². The van der Waals surface area contributed by atoms with E-state index in [9.17, 15) is 9.90 Å². The van der Waals surface area contributed by atoms with Gasteiger partial charge in [-0.1, -0.05) is 6.92 Å². The summed E-state index contributed by atoms with van der Waals surface area (Å²) < 4.78 is 4.96. The second-order valence-electron chi connectivity index (χ2n) is 3.91. The Morgan fingerprint density at radius 2 is 2.43 bits per heavy atom. The molecule has 1 aliphatic carbocycles. The molecule has 1 aromatic heterocycles. The van der Waals surface area contributed by atoms with Crippen LogP contribution in [0.3, 0.4) is 0 Å². The Morgan fingerprint density at radius 3 is 3.07 bits per heavy atom. The second kappa shape index (κ2) is 2.85. The molecule has 0 radical (unpaired) electrons. The summed E-state index contributed by atoms with van der Waals surface area (Å²) in [5.74, 6) is -1.06. The van der Waals surface area contributed by atoms with E-state index in [2.05, 4.69) is 0 Å². The topological polar surface area (TPSA) is 70.7 Å². The minimum Gasteiger partial charge on any atom is -0.481 e. The second-order valence-corrected chi connectivity index (χ2v) is 3.91. The van der Waals surface area contributed by atoms with Gasteiger partial charge in [-0.3, -0.25) is 4.79 Å². The van der Waals surface area contributed by atoms with Crippen molar-refractivity contribution in [2.45, 2.75) is 25.4 Å². The number of aliphatic hydroxyl groups is 1. The quantitative estimate of drug-likeness (QED) is 0.743. The zero-order valence-electron chi connectivity index (χ0n) is 7.86. The summed E-state index contributed by atoms with van der Waals surface area (Å²) in [6.45, 7) is 1.85. The Labute approximate surface area is 81.2 Å². The highest BCUT2D eigenvalue weighted by Gasteiger charge is 2.45. The Balaban J connectivity index is 2.39. The molecular weight excluding hydrogens is 184 g/mol. The van der Waals surface area contributed by atoms with Crippen LogP contribution in [0.25, 0.3) is 0 Å². The molecule has 4 heteroatoms. The number of fused-ring (bicyclic) bond motifs is 1. The van der Waals surface area contributed by atoms with Crippen LogP contribution in [0, 0.1) is 5.92 Å². The van der Waals surface area contributed by atoms with Crippen molar-refractivity contribution < 1.29 is 19.4 Å². The molecule has 76 valence electrons. The Bertz CT molecular complexity index is 368. The SMILES string of the molecule is CC1Cc2cocc2C1(O)CC(=O)O. The molecule has 0 saturated carbocycles. The van der Waals surface area contributed by atoms with Crippen LogP contribution in [0.4, 0.5) is 0 Å². The highest BCUT2D eigenvalue weighted by Crippen LogP contribution is 2.44. The van der Waals surface area contributed by atoms with Crippen molar-refractivity contribution in [3.8, 4) is 0 Å². The molecule has 1 heterocycles. The van der Waals surface area contributed by atoms with E-state index in [0.29, 0.717) is 12.0 Å². The standard InChI is InChI=1S/C10H12O4/c1-6-2-7-4-14-5-8(7)10(6,13)3-9(11)12/h4-6,13H,2-3H2,1H3,(H,11,12). The van der Waals surface area contributed by atoms with Crippen molar-refractivity contribution in [2.75, 3.05) is 0 Å². The van der Waals surface area contributed by atoms with E-state index in [-0.39, 0.29) is 12.3 Å². The van der Waals surface area contributed by atoms with Crippen LogP contribution >= 0.6 is 0 Å². The van der Waals surface area contributed by atoms with Gasteiger partial charge in [-0.25, -0.2) is 0 Å². The fourth-order valence-electron chi connectivity index (χ4n) is 2.13. The average molecular weight is 196 g/mol. The molecule has 2 unspecified atom stereocenters. The van der Waals surface area contributed by atoms with Crippen molar-refractivity contribution in [2.24, 2.45) is 5.92 Å². The molecule has 2 atom stereocenters. The van der Waals surface area contributed by atoms with Gasteiger partial charge >= 0.3 is 5.97 Å². The number of hydrogen-bond acceptors (Lipinski definition) is 3. The lowest BCUT2D eigenvalue weighted by molar-refractivity contribution is -0.144. The fraction of sp³-hybridized carbons (Fsp3) is 0.500. The van der Waals surface area contributed by atoms with Crippen LogP contribution in [0.5, 0.6) is 0 Å². The first-order valence-corrected chi connectivity index (χ1v) is 4.54. The number of carboxylic acid groups (broad SMARTS) is 1. The van der Waals surface area contributed by atoms with Crippen LogP contribution in [0.2, 0.25) is 0 Å². The monoisotopic (exact) mass is 196 g/mol. The van der Waals surface area contributed by atoms with Gasteiger partial charge in [0, 0.05) is 5.56 Å². The molecule has 1 aromatic rings. The smallest absolute Gasteiger partial charge is 0.306 e. The summed E-state index contributed by atoms with van der Waals surface area (Å²) in [7, 11) is 0. The average Bonchev–Trinajstić information content (AvgIpc) is 2.57. The number of hydrogen-bond donors (Lipinski definition) is 2. The van der Waals surface area contributed by atoms with Crippen molar-refractivity contribution in [3.63, 3.8) is 0 Å². The fourth-order valence-corrected chi connectivity index (χ4v) is 2.13. The number of rotatable bonds is 2. The van der Waals surface area contributed by atoms with Gasteiger partial charge in [-0.15, -0.1) is 0 Å². The zero-order valence-corrected chi connectivity index (χ0v) is 7.86. The molecular formula is C10H12O4. The number of aliphatic carboxylic acids is 1. The number of carbonyl (C=O) groups is 1. The van der Waals surface area contributed by atoms with E-state index in [4.69, 9.17) is 9.52 Å². The maximum Gasteiger partial charge on any atom is 0.306 e. The van der Waals surface area contributed by atoms with E-state index in [1.54, 1.807) is 6.26 Å². The van der Waals surface area contributed by atoms with Crippen LogP contribution in [0.15, 0.2) is 16.9 Å². The predicted molar refractivity (Wildman–Crippen MR) is 47.7 cm³/mol. The summed E-state index contributed by atoms with van der Waals surface area (Å²) in [6, 6.07) is 0. The molecule has 0 spiro atoms. The first-order valence-electron chi connectivity index (χ1n) is 4.54. The molecule has 14 heavy (non-hydrogen) atoms. The van der Waals surface area contributed by atoms with Crippen LogP contribution < -0.4 is 0 Å². The molecule has 0 aromatic carbocycles. The van der Waals surface area contributed by atoms with Gasteiger partial charge < -0.3 is 14.6 Å². The molecule has 0 aliphatic heterocycles. The van der Waals surface area contributed by atoms with E-state index in [1.807, 2.05) is 6.92 Å². The van der Waals surface area contributed by atoms with E-state index in [1.165, 1.54) is 6.26 Å². The van der Waals surface area contributed by atoms with Gasteiger partial charge in [0.15, 0.2) is 0 Å². The Hall–Kier alpha value is -1.29. The first kappa shape index (κ1) is 9.27. The van der Waals surface area contributed by atoms with E-state index < -0.39 is 11.6 Å². The molecule has 2 rings (SSSR count). The molecule has 1 aliphatic rings. The summed E-state index contributed by atoms with van der Waals surface area (Å²) in [6.07, 6.45) is 3.43. The van der Waals surface area contributed by atoms with Crippen LogP contribution in [-0.4, -0.2) is 16.2 Å². The summed E-state index contributed by atoms with van der Waals surface area (Å²) in [4.78, 5) is 10.6. The van der Waals surface area contributed by atoms with Crippen molar-refractivity contribution in [1.82, 2.24) is 0 Å². The number of carboxylic acids is 1. The lowest BCUT2D eigenvalue weighted by Crippen LogP contribution is -2.32. The van der Waals surface area contributed by atoms with Gasteiger partial charge in [0.2, 0.25) is 0 Å². The van der Waals surface area contributed by atoms with Gasteiger partial charge in [-0.2, -0.15) is 0 Å². The lowest BCUT2D eigenvalue weighted by Gasteiger charge is -2.26. The van der Waals surface area contributed by atoms with Gasteiger partial charge in [-0.05, 0) is 17.9 Å². The minimum absolute atomic E-state index is 0.0694. The third-order valence-corrected chi connectivity index (χ3v) is 2.97. The molecule has 0 amide bonds. The molecule has 2 N–H and O–H groups in total. The third kappa shape index (κ3) is 1.14. The maximum absolute atomic E-state index is 10.6. The normalized spacial score (nSPS) is 30.3. The zero-order chi connectivity index (χ0) is 10.3. The van der Waals surface area contributed by atoms with Crippen LogP contribution in [-0.2, 0) is 16.8 Å². The van der Waals surface area contributed by atoms with Crippen molar-refractivity contribution in [1.29, 1.82) is 0 Å². The largest absolute Gasteiger partial charge is 0.481 e. The van der Waals surface area contributed by atoms with Crippen LogP contribution in [0.1, 0.15) is 24.5 Å². The summed E-state index contributed by atoms with van der Waals surface area (Å²) in [5.41, 5.74) is 0.294. The highest BCUT2D eigenvalue weighted by atomic mass is 16.4. The van der Waals surface area contributed by atoms with E-state index in [0.717, 1.165) is 5.56 Å². The van der Waals surface area contributed by atoms with Crippen molar-refractivity contribution in [3.05, 3.63) is 23.7 Å². The van der Waals surface area contributed by atoms with Gasteiger partial charge in [0.05, 0.1) is 18.9 Å².